The van der Waals surface area contributed by atoms with Crippen molar-refractivity contribution in [1.29, 1.82) is 0 Å². The van der Waals surface area contributed by atoms with E-state index >= 15 is 0 Å². The second-order valence-corrected chi connectivity index (χ2v) is 10.6. The van der Waals surface area contributed by atoms with Crippen LogP contribution in [0.2, 0.25) is 5.02 Å². The van der Waals surface area contributed by atoms with E-state index in [2.05, 4.69) is 21.6 Å². The molecule has 0 spiro atoms. The Bertz CT molecular complexity index is 1330. The highest BCUT2D eigenvalue weighted by Gasteiger charge is 2.32. The number of H-pyrrole nitrogens is 1. The molecule has 1 atom stereocenters. The van der Waals surface area contributed by atoms with Crippen molar-refractivity contribution in [3.8, 4) is 0 Å². The number of hydrogen-bond acceptors (Lipinski definition) is 6. The molecule has 0 saturated carbocycles. The van der Waals surface area contributed by atoms with Gasteiger partial charge in [-0.3, -0.25) is 14.9 Å². The van der Waals surface area contributed by atoms with Gasteiger partial charge in [-0.25, -0.2) is 13.4 Å². The standard InChI is InChI=1S/C22H24ClN5O5S/c1-14-6-8-27(9-7-14)22(29)20(11-15-2-5-18-19(10-15)25-13-24-18)26-34(32,33)16-3-4-17(23)21(12-16)28(30)31/h2-5,10,12-14,20,26H,6-9,11H2,1H3,(H,24,25). The maximum atomic E-state index is 13.4. The number of hydrogen-bond donors (Lipinski definition) is 2. The molecule has 3 aromatic rings. The molecule has 1 saturated heterocycles. The van der Waals surface area contributed by atoms with Crippen LogP contribution in [0, 0.1) is 16.0 Å². The number of nitro groups is 1. The Balaban J connectivity index is 1.64. The molecular weight excluding hydrogens is 482 g/mol. The van der Waals surface area contributed by atoms with Gasteiger partial charge >= 0.3 is 0 Å². The Kier molecular flexibility index (Phi) is 6.87. The number of nitrogens with one attached hydrogen (secondary N) is 2. The van der Waals surface area contributed by atoms with Crippen LogP contribution in [0.3, 0.4) is 0 Å². The maximum Gasteiger partial charge on any atom is 0.289 e. The third-order valence-electron chi connectivity index (χ3n) is 6.04. The fraction of sp³-hybridized carbons (Fsp3) is 0.364. The van der Waals surface area contributed by atoms with Crippen molar-refractivity contribution in [3.05, 3.63) is 63.4 Å². The van der Waals surface area contributed by atoms with Crippen LogP contribution < -0.4 is 4.72 Å². The van der Waals surface area contributed by atoms with Gasteiger partial charge in [-0.2, -0.15) is 4.72 Å². The lowest BCUT2D eigenvalue weighted by atomic mass is 9.98. The summed E-state index contributed by atoms with van der Waals surface area (Å²) in [6.45, 7) is 3.21. The monoisotopic (exact) mass is 505 g/mol. The van der Waals surface area contributed by atoms with E-state index in [1.54, 1.807) is 23.4 Å². The lowest BCUT2D eigenvalue weighted by Crippen LogP contribution is -2.51. The zero-order valence-electron chi connectivity index (χ0n) is 18.4. The molecule has 1 aliphatic heterocycles. The number of likely N-dealkylation sites (tertiary alicyclic amines) is 1. The first-order valence-corrected chi connectivity index (χ1v) is 12.7. The number of nitro benzene ring substituents is 1. The van der Waals surface area contributed by atoms with Crippen LogP contribution in [-0.2, 0) is 21.2 Å². The van der Waals surface area contributed by atoms with Crippen LogP contribution in [0.15, 0.2) is 47.6 Å². The van der Waals surface area contributed by atoms with Gasteiger partial charge in [0.15, 0.2) is 0 Å². The molecule has 2 heterocycles. The van der Waals surface area contributed by atoms with Crippen LogP contribution >= 0.6 is 11.6 Å². The van der Waals surface area contributed by atoms with Crippen molar-refractivity contribution >= 4 is 44.3 Å². The molecule has 12 heteroatoms. The van der Waals surface area contributed by atoms with Crippen LogP contribution in [0.1, 0.15) is 25.3 Å². The molecule has 1 fully saturated rings. The van der Waals surface area contributed by atoms with Crippen molar-refractivity contribution in [2.45, 2.75) is 37.1 Å². The molecular formula is C22H24ClN5O5S. The number of aromatic amines is 1. The molecule has 1 aliphatic rings. The fourth-order valence-corrected chi connectivity index (χ4v) is 5.42. The van der Waals surface area contributed by atoms with Gasteiger partial charge in [0.2, 0.25) is 15.9 Å². The van der Waals surface area contributed by atoms with Crippen molar-refractivity contribution in [3.63, 3.8) is 0 Å². The van der Waals surface area contributed by atoms with E-state index in [1.807, 2.05) is 6.07 Å². The minimum atomic E-state index is -4.26. The summed E-state index contributed by atoms with van der Waals surface area (Å²) in [6.07, 6.45) is 3.34. The van der Waals surface area contributed by atoms with Crippen molar-refractivity contribution < 1.29 is 18.1 Å². The molecule has 2 aromatic carbocycles. The largest absolute Gasteiger partial charge is 0.345 e. The summed E-state index contributed by atoms with van der Waals surface area (Å²) in [5, 5.41) is 11.1. The molecule has 0 aliphatic carbocycles. The van der Waals surface area contributed by atoms with Gasteiger partial charge in [0, 0.05) is 19.2 Å². The molecule has 4 rings (SSSR count). The van der Waals surface area contributed by atoms with Gasteiger partial charge < -0.3 is 9.88 Å². The van der Waals surface area contributed by atoms with Gasteiger partial charge in [0.05, 0.1) is 27.2 Å². The topological polar surface area (TPSA) is 138 Å². The second-order valence-electron chi connectivity index (χ2n) is 8.51. The Morgan fingerprint density at radius 2 is 2.03 bits per heavy atom. The van der Waals surface area contributed by atoms with Gasteiger partial charge in [-0.1, -0.05) is 24.6 Å². The number of amides is 1. The summed E-state index contributed by atoms with van der Waals surface area (Å²) in [5.41, 5.74) is 1.73. The average Bonchev–Trinajstić information content (AvgIpc) is 3.26. The predicted molar refractivity (Wildman–Crippen MR) is 127 cm³/mol. The minimum absolute atomic E-state index is 0.0998. The highest BCUT2D eigenvalue weighted by Crippen LogP contribution is 2.27. The summed E-state index contributed by atoms with van der Waals surface area (Å²) in [4.78, 5) is 32.4. The third-order valence-corrected chi connectivity index (χ3v) is 7.83. The lowest BCUT2D eigenvalue weighted by Gasteiger charge is -2.33. The number of halogens is 1. The van der Waals surface area contributed by atoms with Crippen molar-refractivity contribution in [2.75, 3.05) is 13.1 Å². The number of piperidine rings is 1. The first-order chi connectivity index (χ1) is 16.1. The number of rotatable bonds is 7. The molecule has 0 bridgehead atoms. The van der Waals surface area contributed by atoms with Crippen molar-refractivity contribution in [2.24, 2.45) is 5.92 Å². The minimum Gasteiger partial charge on any atom is -0.345 e. The molecule has 1 aromatic heterocycles. The SMILES string of the molecule is CC1CCN(C(=O)C(Cc2ccc3[nH]cnc3c2)NS(=O)(=O)c2ccc(Cl)c([N+](=O)[O-])c2)CC1. The summed E-state index contributed by atoms with van der Waals surface area (Å²) < 4.78 is 28.8. The van der Waals surface area contributed by atoms with E-state index in [9.17, 15) is 23.3 Å². The van der Waals surface area contributed by atoms with E-state index < -0.39 is 26.7 Å². The zero-order chi connectivity index (χ0) is 24.5. The van der Waals surface area contributed by atoms with Gasteiger partial charge in [-0.05, 0) is 55.0 Å². The summed E-state index contributed by atoms with van der Waals surface area (Å²) in [5.74, 6) is 0.164. The average molecular weight is 506 g/mol. The van der Waals surface area contributed by atoms with Crippen LogP contribution in [0.5, 0.6) is 0 Å². The Morgan fingerprint density at radius 3 is 2.74 bits per heavy atom. The van der Waals surface area contributed by atoms with Gasteiger partial charge in [-0.15, -0.1) is 0 Å². The fourth-order valence-electron chi connectivity index (χ4n) is 4.02. The van der Waals surface area contributed by atoms with Crippen LogP contribution in [0.4, 0.5) is 5.69 Å². The molecule has 1 unspecified atom stereocenters. The Hall–Kier alpha value is -3.02. The normalized spacial score (nSPS) is 16.0. The molecule has 1 amide bonds. The Morgan fingerprint density at radius 1 is 1.29 bits per heavy atom. The molecule has 180 valence electrons. The number of carbonyl (C=O) groups excluding carboxylic acids is 1. The molecule has 10 nitrogen and oxygen atoms in total. The number of sulfonamides is 1. The summed E-state index contributed by atoms with van der Waals surface area (Å²) in [7, 11) is -4.26. The van der Waals surface area contributed by atoms with E-state index in [4.69, 9.17) is 11.6 Å². The molecule has 0 radical (unpaired) electrons. The summed E-state index contributed by atoms with van der Waals surface area (Å²) in [6, 6.07) is 7.56. The highest BCUT2D eigenvalue weighted by molar-refractivity contribution is 7.89. The highest BCUT2D eigenvalue weighted by atomic mass is 35.5. The molecule has 34 heavy (non-hydrogen) atoms. The summed E-state index contributed by atoms with van der Waals surface area (Å²) >= 11 is 5.83. The van der Waals surface area contributed by atoms with Crippen molar-refractivity contribution in [1.82, 2.24) is 19.6 Å². The zero-order valence-corrected chi connectivity index (χ0v) is 20.0. The number of benzene rings is 2. The molecule has 2 N–H and O–H groups in total. The first-order valence-electron chi connectivity index (χ1n) is 10.8. The van der Waals surface area contributed by atoms with Crippen LogP contribution in [0.25, 0.3) is 11.0 Å². The smallest absolute Gasteiger partial charge is 0.289 e. The quantitative estimate of drug-likeness (QED) is 0.373. The van der Waals surface area contributed by atoms with E-state index in [-0.39, 0.29) is 22.2 Å². The Labute approximate surface area is 201 Å². The van der Waals surface area contributed by atoms with Gasteiger partial charge in [0.1, 0.15) is 11.1 Å². The third kappa shape index (κ3) is 5.21. The van der Waals surface area contributed by atoms with E-state index in [0.717, 1.165) is 36.1 Å². The number of aromatic nitrogens is 2. The van der Waals surface area contributed by atoms with E-state index in [1.165, 1.54) is 6.07 Å². The van der Waals surface area contributed by atoms with E-state index in [0.29, 0.717) is 24.5 Å². The second kappa shape index (κ2) is 9.69. The maximum absolute atomic E-state index is 13.4. The number of nitrogens with zero attached hydrogens (tertiary/aromatic N) is 3. The lowest BCUT2D eigenvalue weighted by molar-refractivity contribution is -0.384. The van der Waals surface area contributed by atoms with Crippen LogP contribution in [-0.4, -0.2) is 53.2 Å². The number of carbonyl (C=O) groups is 1. The number of imidazole rings is 1. The first kappa shape index (κ1) is 24.1. The van der Waals surface area contributed by atoms with Gasteiger partial charge in [0.25, 0.3) is 5.69 Å². The number of fused-ring (bicyclic) bond motifs is 1. The predicted octanol–water partition coefficient (Wildman–Crippen LogP) is 3.27.